The van der Waals surface area contributed by atoms with Crippen molar-refractivity contribution in [3.05, 3.63) is 0 Å². The van der Waals surface area contributed by atoms with E-state index in [0.717, 1.165) is 6.54 Å². The third-order valence-corrected chi connectivity index (χ3v) is 4.56. The summed E-state index contributed by atoms with van der Waals surface area (Å²) in [6, 6.07) is 0.397. The van der Waals surface area contributed by atoms with Gasteiger partial charge in [-0.25, -0.2) is 0 Å². The molecular formula is C13H28N2. The van der Waals surface area contributed by atoms with Crippen molar-refractivity contribution in [3.8, 4) is 0 Å². The molecule has 1 fully saturated rings. The Morgan fingerprint density at radius 2 is 1.67 bits per heavy atom. The molecule has 0 aromatic rings. The molecule has 1 rings (SSSR count). The fourth-order valence-electron chi connectivity index (χ4n) is 2.78. The van der Waals surface area contributed by atoms with E-state index in [0.29, 0.717) is 17.4 Å². The van der Waals surface area contributed by atoms with Crippen molar-refractivity contribution in [3.63, 3.8) is 0 Å². The number of rotatable bonds is 5. The first-order valence-electron chi connectivity index (χ1n) is 6.54. The molecule has 0 aromatic heterocycles. The van der Waals surface area contributed by atoms with Gasteiger partial charge in [0.25, 0.3) is 0 Å². The fraction of sp³-hybridized carbons (Fsp3) is 1.00. The Labute approximate surface area is 95.2 Å². The van der Waals surface area contributed by atoms with Gasteiger partial charge in [0.1, 0.15) is 0 Å². The largest absolute Gasteiger partial charge is 0.326 e. The minimum Gasteiger partial charge on any atom is -0.326 e. The fourth-order valence-corrected chi connectivity index (χ4v) is 2.78. The van der Waals surface area contributed by atoms with Gasteiger partial charge in [0.2, 0.25) is 0 Å². The topological polar surface area (TPSA) is 29.3 Å². The quantitative estimate of drug-likeness (QED) is 0.758. The van der Waals surface area contributed by atoms with E-state index in [1.54, 1.807) is 0 Å². The van der Waals surface area contributed by atoms with Crippen LogP contribution in [0.1, 0.15) is 47.0 Å². The third-order valence-electron chi connectivity index (χ3n) is 4.56. The summed E-state index contributed by atoms with van der Waals surface area (Å²) in [7, 11) is 0. The molecule has 2 N–H and O–H groups in total. The van der Waals surface area contributed by atoms with Gasteiger partial charge in [-0.15, -0.1) is 0 Å². The van der Waals surface area contributed by atoms with Crippen LogP contribution in [0.5, 0.6) is 0 Å². The van der Waals surface area contributed by atoms with Crippen molar-refractivity contribution in [2.45, 2.75) is 53.0 Å². The number of nitrogens with zero attached hydrogens (tertiary/aromatic N) is 1. The summed E-state index contributed by atoms with van der Waals surface area (Å²) in [4.78, 5) is 2.58. The zero-order valence-electron chi connectivity index (χ0n) is 10.9. The Morgan fingerprint density at radius 1 is 1.13 bits per heavy atom. The molecule has 0 bridgehead atoms. The van der Waals surface area contributed by atoms with Gasteiger partial charge in [-0.2, -0.15) is 0 Å². The van der Waals surface area contributed by atoms with Crippen LogP contribution < -0.4 is 5.73 Å². The lowest BCUT2D eigenvalue weighted by molar-refractivity contribution is 0.149. The van der Waals surface area contributed by atoms with Crippen molar-refractivity contribution in [2.75, 3.05) is 19.6 Å². The standard InChI is InChI=1S/C13H28N2/c1-5-13(6-2,7-3)10-15-8-11(4)12(14)9-15/h11-12H,5-10,14H2,1-4H3. The molecule has 0 saturated carbocycles. The Morgan fingerprint density at radius 3 is 2.00 bits per heavy atom. The van der Waals surface area contributed by atoms with Gasteiger partial charge in [0, 0.05) is 25.7 Å². The summed E-state index contributed by atoms with van der Waals surface area (Å²) in [5.74, 6) is 0.674. The molecule has 90 valence electrons. The van der Waals surface area contributed by atoms with Gasteiger partial charge in [-0.05, 0) is 30.6 Å². The first kappa shape index (κ1) is 13.0. The van der Waals surface area contributed by atoms with Crippen molar-refractivity contribution in [1.82, 2.24) is 4.90 Å². The molecular weight excluding hydrogens is 184 g/mol. The normalized spacial score (nSPS) is 28.6. The lowest BCUT2D eigenvalue weighted by Gasteiger charge is -2.35. The molecule has 0 radical (unpaired) electrons. The summed E-state index contributed by atoms with van der Waals surface area (Å²) in [6.45, 7) is 12.8. The first-order chi connectivity index (χ1) is 7.06. The molecule has 2 unspecified atom stereocenters. The van der Waals surface area contributed by atoms with Gasteiger partial charge in [0.05, 0.1) is 0 Å². The number of likely N-dealkylation sites (tertiary alicyclic amines) is 1. The van der Waals surface area contributed by atoms with Crippen LogP contribution >= 0.6 is 0 Å². The van der Waals surface area contributed by atoms with Crippen LogP contribution in [0.15, 0.2) is 0 Å². The highest BCUT2D eigenvalue weighted by Gasteiger charge is 2.32. The molecule has 15 heavy (non-hydrogen) atoms. The number of hydrogen-bond acceptors (Lipinski definition) is 2. The Kier molecular flexibility index (Phi) is 4.60. The van der Waals surface area contributed by atoms with E-state index in [2.05, 4.69) is 32.6 Å². The Bertz CT molecular complexity index is 169. The lowest BCUT2D eigenvalue weighted by Crippen LogP contribution is -2.37. The average molecular weight is 212 g/mol. The second-order valence-corrected chi connectivity index (χ2v) is 5.40. The van der Waals surface area contributed by atoms with Gasteiger partial charge in [0.15, 0.2) is 0 Å². The molecule has 1 heterocycles. The molecule has 1 saturated heterocycles. The summed E-state index contributed by atoms with van der Waals surface area (Å²) in [6.07, 6.45) is 3.88. The van der Waals surface area contributed by atoms with Gasteiger partial charge >= 0.3 is 0 Å². The molecule has 2 nitrogen and oxygen atoms in total. The van der Waals surface area contributed by atoms with Crippen LogP contribution in [-0.4, -0.2) is 30.6 Å². The number of hydrogen-bond donors (Lipinski definition) is 1. The molecule has 0 spiro atoms. The highest BCUT2D eigenvalue weighted by molar-refractivity contribution is 4.88. The third kappa shape index (κ3) is 2.94. The van der Waals surface area contributed by atoms with E-state index >= 15 is 0 Å². The molecule has 0 amide bonds. The van der Waals surface area contributed by atoms with Crippen molar-refractivity contribution in [1.29, 1.82) is 0 Å². The predicted octanol–water partition coefficient (Wildman–Crippen LogP) is 2.48. The SMILES string of the molecule is CCC(CC)(CC)CN1CC(C)C(N)C1. The minimum atomic E-state index is 0.397. The van der Waals surface area contributed by atoms with Crippen LogP contribution in [-0.2, 0) is 0 Å². The van der Waals surface area contributed by atoms with E-state index in [1.165, 1.54) is 32.4 Å². The zero-order chi connectivity index (χ0) is 11.5. The second-order valence-electron chi connectivity index (χ2n) is 5.40. The van der Waals surface area contributed by atoms with Gasteiger partial charge in [-0.3, -0.25) is 0 Å². The van der Waals surface area contributed by atoms with Gasteiger partial charge in [-0.1, -0.05) is 27.7 Å². The number of nitrogens with two attached hydrogens (primary N) is 1. The molecule has 0 aromatic carbocycles. The van der Waals surface area contributed by atoms with Crippen molar-refractivity contribution < 1.29 is 0 Å². The second kappa shape index (κ2) is 5.31. The van der Waals surface area contributed by atoms with E-state index in [-0.39, 0.29) is 0 Å². The summed E-state index contributed by atoms with van der Waals surface area (Å²) in [5, 5.41) is 0. The molecule has 1 aliphatic rings. The Hall–Kier alpha value is -0.0800. The van der Waals surface area contributed by atoms with Crippen LogP contribution in [0, 0.1) is 11.3 Å². The Balaban J connectivity index is 2.53. The minimum absolute atomic E-state index is 0.397. The molecule has 2 heteroatoms. The van der Waals surface area contributed by atoms with E-state index in [4.69, 9.17) is 5.73 Å². The molecule has 0 aliphatic carbocycles. The highest BCUT2D eigenvalue weighted by atomic mass is 15.2. The van der Waals surface area contributed by atoms with Crippen LogP contribution in [0.25, 0.3) is 0 Å². The summed E-state index contributed by atoms with van der Waals surface area (Å²) >= 11 is 0. The van der Waals surface area contributed by atoms with E-state index < -0.39 is 0 Å². The highest BCUT2D eigenvalue weighted by Crippen LogP contribution is 2.32. The molecule has 1 aliphatic heterocycles. The smallest absolute Gasteiger partial charge is 0.0206 e. The summed E-state index contributed by atoms with van der Waals surface area (Å²) in [5.41, 5.74) is 6.60. The maximum atomic E-state index is 6.07. The van der Waals surface area contributed by atoms with Gasteiger partial charge < -0.3 is 10.6 Å². The van der Waals surface area contributed by atoms with Crippen LogP contribution in [0.3, 0.4) is 0 Å². The lowest BCUT2D eigenvalue weighted by atomic mass is 9.79. The average Bonchev–Trinajstić information content (AvgIpc) is 2.55. The monoisotopic (exact) mass is 212 g/mol. The maximum Gasteiger partial charge on any atom is 0.0206 e. The molecule has 2 atom stereocenters. The first-order valence-corrected chi connectivity index (χ1v) is 6.54. The zero-order valence-corrected chi connectivity index (χ0v) is 10.9. The maximum absolute atomic E-state index is 6.07. The van der Waals surface area contributed by atoms with Crippen molar-refractivity contribution >= 4 is 0 Å². The predicted molar refractivity (Wildman–Crippen MR) is 66.9 cm³/mol. The van der Waals surface area contributed by atoms with Crippen LogP contribution in [0.2, 0.25) is 0 Å². The van der Waals surface area contributed by atoms with E-state index in [1.807, 2.05) is 0 Å². The summed E-state index contributed by atoms with van der Waals surface area (Å²) < 4.78 is 0. The van der Waals surface area contributed by atoms with Crippen molar-refractivity contribution in [2.24, 2.45) is 17.1 Å². The van der Waals surface area contributed by atoms with Crippen LogP contribution in [0.4, 0.5) is 0 Å². The van der Waals surface area contributed by atoms with E-state index in [9.17, 15) is 0 Å².